The number of benzene rings is 1. The van der Waals surface area contributed by atoms with Crippen LogP contribution in [-0.2, 0) is 16.0 Å². The number of amides is 2. The number of aryl methyl sites for hydroxylation is 1. The molecular weight excluding hydrogens is 352 g/mol. The SMILES string of the molecule is CC1(C(=O)Nc2ccc3c(c2)OCO3)CCN1C(=O)CCc1cccs1. The van der Waals surface area contributed by atoms with E-state index < -0.39 is 5.54 Å². The van der Waals surface area contributed by atoms with Gasteiger partial charge in [-0.3, -0.25) is 9.59 Å². The average Bonchev–Trinajstić information content (AvgIpc) is 3.29. The molecule has 0 spiro atoms. The summed E-state index contributed by atoms with van der Waals surface area (Å²) in [5.41, 5.74) is -0.165. The van der Waals surface area contributed by atoms with Crippen LogP contribution in [0.4, 0.5) is 5.69 Å². The van der Waals surface area contributed by atoms with E-state index in [9.17, 15) is 9.59 Å². The fraction of sp³-hybridized carbons (Fsp3) is 0.368. The molecular formula is C19H20N2O4S. The van der Waals surface area contributed by atoms with E-state index in [-0.39, 0.29) is 18.6 Å². The number of rotatable bonds is 5. The van der Waals surface area contributed by atoms with Crippen molar-refractivity contribution < 1.29 is 19.1 Å². The van der Waals surface area contributed by atoms with Crippen LogP contribution in [0.15, 0.2) is 35.7 Å². The summed E-state index contributed by atoms with van der Waals surface area (Å²) < 4.78 is 10.6. The van der Waals surface area contributed by atoms with Gasteiger partial charge in [0, 0.05) is 29.6 Å². The Hall–Kier alpha value is -2.54. The van der Waals surface area contributed by atoms with Gasteiger partial charge in [-0.15, -0.1) is 11.3 Å². The van der Waals surface area contributed by atoms with Crippen LogP contribution in [0, 0.1) is 0 Å². The Morgan fingerprint density at radius 2 is 2.12 bits per heavy atom. The maximum atomic E-state index is 12.8. The Kier molecular flexibility index (Phi) is 4.32. The molecule has 4 rings (SSSR count). The number of hydrogen-bond acceptors (Lipinski definition) is 5. The van der Waals surface area contributed by atoms with E-state index >= 15 is 0 Å². The Balaban J connectivity index is 1.39. The molecule has 1 atom stereocenters. The van der Waals surface area contributed by atoms with Gasteiger partial charge in [0.1, 0.15) is 5.54 Å². The highest BCUT2D eigenvalue weighted by Crippen LogP contribution is 2.36. The van der Waals surface area contributed by atoms with Gasteiger partial charge in [-0.25, -0.2) is 0 Å². The molecule has 2 aliphatic rings. The molecule has 0 saturated carbocycles. The van der Waals surface area contributed by atoms with Crippen molar-refractivity contribution >= 4 is 28.8 Å². The Morgan fingerprint density at radius 1 is 1.27 bits per heavy atom. The van der Waals surface area contributed by atoms with Crippen LogP contribution < -0.4 is 14.8 Å². The maximum Gasteiger partial charge on any atom is 0.250 e. The summed E-state index contributed by atoms with van der Waals surface area (Å²) in [6.07, 6.45) is 1.80. The molecule has 2 aliphatic heterocycles. The average molecular weight is 372 g/mol. The highest BCUT2D eigenvalue weighted by Gasteiger charge is 2.49. The van der Waals surface area contributed by atoms with Gasteiger partial charge in [0.15, 0.2) is 11.5 Å². The van der Waals surface area contributed by atoms with Crippen molar-refractivity contribution in [1.82, 2.24) is 4.90 Å². The van der Waals surface area contributed by atoms with Crippen molar-refractivity contribution in [3.05, 3.63) is 40.6 Å². The van der Waals surface area contributed by atoms with Crippen molar-refractivity contribution in [1.29, 1.82) is 0 Å². The molecule has 1 saturated heterocycles. The third kappa shape index (κ3) is 3.03. The van der Waals surface area contributed by atoms with E-state index in [2.05, 4.69) is 5.32 Å². The van der Waals surface area contributed by atoms with Crippen molar-refractivity contribution in [2.24, 2.45) is 0 Å². The van der Waals surface area contributed by atoms with Gasteiger partial charge in [-0.05, 0) is 43.3 Å². The topological polar surface area (TPSA) is 67.9 Å². The molecule has 2 amide bonds. The summed E-state index contributed by atoms with van der Waals surface area (Å²) in [6, 6.07) is 9.29. The second kappa shape index (κ2) is 6.64. The van der Waals surface area contributed by atoms with Crippen molar-refractivity contribution in [3.8, 4) is 11.5 Å². The maximum absolute atomic E-state index is 12.8. The Morgan fingerprint density at radius 3 is 2.85 bits per heavy atom. The monoisotopic (exact) mass is 372 g/mol. The zero-order valence-electron chi connectivity index (χ0n) is 14.5. The standard InChI is InChI=1S/C19H20N2O4S/c1-19(8-9-21(19)17(22)7-5-14-3-2-10-26-14)18(23)20-13-4-6-15-16(11-13)25-12-24-15/h2-4,6,10-11H,5,7-9,12H2,1H3,(H,20,23). The first kappa shape index (κ1) is 16.9. The number of anilines is 1. The molecule has 0 radical (unpaired) electrons. The van der Waals surface area contributed by atoms with Gasteiger partial charge in [0.2, 0.25) is 18.6 Å². The highest BCUT2D eigenvalue weighted by atomic mass is 32.1. The molecule has 0 bridgehead atoms. The van der Waals surface area contributed by atoms with Gasteiger partial charge in [0.05, 0.1) is 0 Å². The third-order valence-electron chi connectivity index (χ3n) is 5.00. The minimum atomic E-state index is -0.803. The largest absolute Gasteiger partial charge is 0.454 e. The molecule has 3 heterocycles. The first-order chi connectivity index (χ1) is 12.6. The van der Waals surface area contributed by atoms with Crippen LogP contribution in [0.1, 0.15) is 24.6 Å². The molecule has 136 valence electrons. The van der Waals surface area contributed by atoms with E-state index in [1.54, 1.807) is 34.4 Å². The number of nitrogens with zero attached hydrogens (tertiary/aromatic N) is 1. The zero-order chi connectivity index (χ0) is 18.1. The fourth-order valence-corrected chi connectivity index (χ4v) is 3.96. The minimum absolute atomic E-state index is 0.0213. The van der Waals surface area contributed by atoms with E-state index in [0.717, 1.165) is 0 Å². The van der Waals surface area contributed by atoms with Crippen molar-refractivity contribution in [2.45, 2.75) is 31.7 Å². The van der Waals surface area contributed by atoms with Gasteiger partial charge < -0.3 is 19.7 Å². The molecule has 1 unspecified atom stereocenters. The molecule has 1 N–H and O–H groups in total. The van der Waals surface area contributed by atoms with Gasteiger partial charge in [-0.1, -0.05) is 6.07 Å². The molecule has 2 aromatic rings. The highest BCUT2D eigenvalue weighted by molar-refractivity contribution is 7.09. The molecule has 7 heteroatoms. The number of hydrogen-bond donors (Lipinski definition) is 1. The van der Waals surface area contributed by atoms with E-state index in [4.69, 9.17) is 9.47 Å². The van der Waals surface area contributed by atoms with Crippen LogP contribution >= 0.6 is 11.3 Å². The van der Waals surface area contributed by atoms with E-state index in [1.807, 2.05) is 24.4 Å². The molecule has 1 aromatic carbocycles. The zero-order valence-corrected chi connectivity index (χ0v) is 15.3. The fourth-order valence-electron chi connectivity index (χ4n) is 3.26. The van der Waals surface area contributed by atoms with Crippen LogP contribution in [0.5, 0.6) is 11.5 Å². The van der Waals surface area contributed by atoms with Crippen molar-refractivity contribution in [2.75, 3.05) is 18.7 Å². The number of likely N-dealkylation sites (tertiary alicyclic amines) is 1. The number of carbonyl (C=O) groups excluding carboxylic acids is 2. The van der Waals surface area contributed by atoms with Gasteiger partial charge in [0.25, 0.3) is 0 Å². The van der Waals surface area contributed by atoms with E-state index in [1.165, 1.54) is 4.88 Å². The molecule has 1 aromatic heterocycles. The number of carbonyl (C=O) groups is 2. The van der Waals surface area contributed by atoms with Gasteiger partial charge >= 0.3 is 0 Å². The number of thiophene rings is 1. The third-order valence-corrected chi connectivity index (χ3v) is 5.94. The summed E-state index contributed by atoms with van der Waals surface area (Å²) in [4.78, 5) is 28.2. The van der Waals surface area contributed by atoms with Crippen LogP contribution in [0.25, 0.3) is 0 Å². The first-order valence-corrected chi connectivity index (χ1v) is 9.48. The lowest BCUT2D eigenvalue weighted by Gasteiger charge is -2.49. The summed E-state index contributed by atoms with van der Waals surface area (Å²) in [5.74, 6) is 1.13. The molecule has 1 fully saturated rings. The Bertz CT molecular complexity index is 836. The van der Waals surface area contributed by atoms with Crippen LogP contribution in [-0.4, -0.2) is 35.6 Å². The summed E-state index contributed by atoms with van der Waals surface area (Å²) >= 11 is 1.65. The predicted molar refractivity (Wildman–Crippen MR) is 98.6 cm³/mol. The van der Waals surface area contributed by atoms with Gasteiger partial charge in [-0.2, -0.15) is 0 Å². The smallest absolute Gasteiger partial charge is 0.250 e. The predicted octanol–water partition coefficient (Wildman–Crippen LogP) is 3.04. The number of nitrogens with one attached hydrogen (secondary N) is 1. The van der Waals surface area contributed by atoms with Crippen LogP contribution in [0.3, 0.4) is 0 Å². The number of ether oxygens (including phenoxy) is 2. The molecule has 6 nitrogen and oxygen atoms in total. The Labute approximate surface area is 155 Å². The summed E-state index contributed by atoms with van der Waals surface area (Å²) in [6.45, 7) is 2.63. The lowest BCUT2D eigenvalue weighted by molar-refractivity contribution is -0.154. The lowest BCUT2D eigenvalue weighted by atomic mass is 9.85. The van der Waals surface area contributed by atoms with E-state index in [0.29, 0.717) is 43.0 Å². The second-order valence-corrected chi connectivity index (χ2v) is 7.70. The molecule has 26 heavy (non-hydrogen) atoms. The van der Waals surface area contributed by atoms with Crippen molar-refractivity contribution in [3.63, 3.8) is 0 Å². The first-order valence-electron chi connectivity index (χ1n) is 8.60. The minimum Gasteiger partial charge on any atom is -0.454 e. The normalized spacial score (nSPS) is 20.6. The quantitative estimate of drug-likeness (QED) is 0.876. The summed E-state index contributed by atoms with van der Waals surface area (Å²) in [7, 11) is 0. The molecule has 0 aliphatic carbocycles. The summed E-state index contributed by atoms with van der Waals surface area (Å²) in [5, 5.41) is 4.91. The van der Waals surface area contributed by atoms with Crippen LogP contribution in [0.2, 0.25) is 0 Å². The lowest BCUT2D eigenvalue weighted by Crippen LogP contribution is -2.66. The second-order valence-electron chi connectivity index (χ2n) is 6.67. The number of fused-ring (bicyclic) bond motifs is 1.